The van der Waals surface area contributed by atoms with Crippen LogP contribution in [-0.2, 0) is 20.0 Å². The second-order valence-electron chi connectivity index (χ2n) is 6.34. The van der Waals surface area contributed by atoms with Gasteiger partial charge in [0.1, 0.15) is 0 Å². The van der Waals surface area contributed by atoms with Crippen LogP contribution in [0.3, 0.4) is 0 Å². The topological polar surface area (TPSA) is 82.4 Å². The summed E-state index contributed by atoms with van der Waals surface area (Å²) in [5.74, 6) is 0. The third kappa shape index (κ3) is 11.9. The van der Waals surface area contributed by atoms with E-state index in [-0.39, 0.29) is 0 Å². The van der Waals surface area contributed by atoms with Crippen LogP contribution in [0.15, 0.2) is 0 Å². The molecule has 160 valence electrons. The number of alkyl halides is 6. The molecule has 0 heterocycles. The molecule has 6 nitrogen and oxygen atoms in total. The van der Waals surface area contributed by atoms with Crippen molar-refractivity contribution in [3.8, 4) is 0 Å². The third-order valence-electron chi connectivity index (χ3n) is 2.71. The zero-order chi connectivity index (χ0) is 21.4. The van der Waals surface area contributed by atoms with Crippen molar-refractivity contribution in [3.63, 3.8) is 0 Å². The average molecular weight is 438 g/mol. The van der Waals surface area contributed by atoms with Crippen molar-refractivity contribution in [1.82, 2.24) is 0 Å². The van der Waals surface area contributed by atoms with Gasteiger partial charge in [0.2, 0.25) is 0 Å². The van der Waals surface area contributed by atoms with Gasteiger partial charge in [-0.05, 0) is 12.8 Å². The van der Waals surface area contributed by atoms with Crippen molar-refractivity contribution in [2.45, 2.75) is 50.0 Å². The summed E-state index contributed by atoms with van der Waals surface area (Å²) in [7, 11) is -6.65. The minimum atomic E-state index is -6.72. The molecule has 0 fully saturated rings. The smallest absolute Gasteiger partial charge is 0.421 e. The largest absolute Gasteiger partial charge is 0.480 e. The van der Waals surface area contributed by atoms with Crippen LogP contribution in [0, 0.1) is 0 Å². The van der Waals surface area contributed by atoms with Crippen LogP contribution in [0.5, 0.6) is 0 Å². The monoisotopic (exact) mass is 438 g/mol. The number of hydrogen-bond donors (Lipinski definition) is 0. The van der Waals surface area contributed by atoms with Gasteiger partial charge in [-0.25, -0.2) is 16.8 Å². The molecule has 0 rings (SSSR count). The molecule has 0 radical (unpaired) electrons. The molecule has 0 aliphatic rings. The molecule has 0 bridgehead atoms. The minimum Gasteiger partial charge on any atom is -0.421 e. The lowest BCUT2D eigenvalue weighted by Crippen LogP contribution is -2.35. The Morgan fingerprint density at radius 2 is 1.08 bits per heavy atom. The van der Waals surface area contributed by atoms with E-state index in [9.17, 15) is 43.2 Å². The zero-order valence-corrected chi connectivity index (χ0v) is 16.5. The SMILES string of the molecule is CCCCCCC[N+](C)(C)C.O=S(=O)([N-]S(=O)(=O)C(F)(F)F)C(F)(F)F. The van der Waals surface area contributed by atoms with Gasteiger partial charge in [-0.15, -0.1) is 0 Å². The van der Waals surface area contributed by atoms with Gasteiger partial charge in [0.15, 0.2) is 20.0 Å². The predicted molar refractivity (Wildman–Crippen MR) is 85.0 cm³/mol. The number of rotatable bonds is 8. The first-order valence-corrected chi connectivity index (χ1v) is 10.3. The highest BCUT2D eigenvalue weighted by atomic mass is 32.3. The first-order valence-electron chi connectivity index (χ1n) is 7.44. The zero-order valence-electron chi connectivity index (χ0n) is 14.9. The maximum Gasteiger partial charge on any atom is 0.480 e. The molecule has 0 aromatic rings. The maximum atomic E-state index is 11.4. The van der Waals surface area contributed by atoms with Crippen molar-refractivity contribution in [3.05, 3.63) is 4.13 Å². The number of halogens is 6. The Balaban J connectivity index is 0. The van der Waals surface area contributed by atoms with Crippen LogP contribution in [0.25, 0.3) is 4.13 Å². The molecule has 0 spiro atoms. The van der Waals surface area contributed by atoms with E-state index >= 15 is 0 Å². The molecule has 0 aromatic carbocycles. The summed E-state index contributed by atoms with van der Waals surface area (Å²) in [6.07, 6.45) is 7.00. The molecule has 0 aromatic heterocycles. The first-order chi connectivity index (χ1) is 11.3. The Morgan fingerprint density at radius 3 is 1.35 bits per heavy atom. The summed E-state index contributed by atoms with van der Waals surface area (Å²) in [4.78, 5) is 0. The summed E-state index contributed by atoms with van der Waals surface area (Å²) in [6.45, 7) is 3.59. The summed E-state index contributed by atoms with van der Waals surface area (Å²) in [5, 5.41) is 0. The number of hydrogen-bond acceptors (Lipinski definition) is 4. The summed E-state index contributed by atoms with van der Waals surface area (Å²) in [6, 6.07) is 0. The Hall–Kier alpha value is -0.600. The van der Waals surface area contributed by atoms with Gasteiger partial charge in [0.05, 0.1) is 27.7 Å². The molecule has 0 aliphatic heterocycles. The van der Waals surface area contributed by atoms with Crippen molar-refractivity contribution in [2.75, 3.05) is 27.7 Å². The van der Waals surface area contributed by atoms with Crippen LogP contribution in [0.2, 0.25) is 0 Å². The van der Waals surface area contributed by atoms with Gasteiger partial charge in [0, 0.05) is 0 Å². The normalized spacial score (nSPS) is 13.9. The minimum absolute atomic E-state index is 0.778. The van der Waals surface area contributed by atoms with E-state index in [1.807, 2.05) is 0 Å². The first kappa shape index (κ1) is 27.6. The van der Waals surface area contributed by atoms with E-state index in [0.29, 0.717) is 0 Å². The Morgan fingerprint density at radius 1 is 0.731 bits per heavy atom. The van der Waals surface area contributed by atoms with Crippen LogP contribution in [-0.4, -0.2) is 60.0 Å². The van der Waals surface area contributed by atoms with Gasteiger partial charge >= 0.3 is 11.0 Å². The summed E-state index contributed by atoms with van der Waals surface area (Å²) in [5.41, 5.74) is -12.4. The highest BCUT2D eigenvalue weighted by Crippen LogP contribution is 2.36. The van der Waals surface area contributed by atoms with Crippen LogP contribution in [0.4, 0.5) is 26.3 Å². The molecule has 14 heteroatoms. The fraction of sp³-hybridized carbons (Fsp3) is 1.00. The van der Waals surface area contributed by atoms with Crippen molar-refractivity contribution >= 4 is 20.0 Å². The number of nitrogens with zero attached hydrogens (tertiary/aromatic N) is 2. The van der Waals surface area contributed by atoms with E-state index in [2.05, 4.69) is 28.1 Å². The quantitative estimate of drug-likeness (QED) is 0.329. The van der Waals surface area contributed by atoms with E-state index in [1.54, 1.807) is 0 Å². The van der Waals surface area contributed by atoms with Gasteiger partial charge in [-0.1, -0.05) is 26.2 Å². The number of quaternary nitrogens is 1. The fourth-order valence-corrected chi connectivity index (χ4v) is 3.11. The van der Waals surface area contributed by atoms with Gasteiger partial charge < -0.3 is 8.61 Å². The molecular formula is C12H24F6N2O4S2. The second-order valence-corrected chi connectivity index (χ2v) is 9.77. The standard InChI is InChI=1S/C10H24N.C2F6NO4S2/c1-5-6-7-8-9-10-11(2,3)4;3-1(4,5)14(10,11)9-15(12,13)2(6,7)8/h5-10H2,1-4H3;/q+1;-1. The van der Waals surface area contributed by atoms with Gasteiger partial charge in [-0.3, -0.25) is 0 Å². The van der Waals surface area contributed by atoms with E-state index in [4.69, 9.17) is 0 Å². The Labute approximate surface area is 150 Å². The molecule has 0 amide bonds. The van der Waals surface area contributed by atoms with E-state index in [1.165, 1.54) is 38.6 Å². The lowest BCUT2D eigenvalue weighted by Gasteiger charge is -2.23. The van der Waals surface area contributed by atoms with Crippen molar-refractivity contribution < 1.29 is 47.7 Å². The number of unbranched alkanes of at least 4 members (excludes halogenated alkanes) is 4. The second kappa shape index (κ2) is 10.1. The molecule has 0 atom stereocenters. The fourth-order valence-electron chi connectivity index (χ4n) is 1.40. The molecule has 0 N–H and O–H groups in total. The third-order valence-corrected chi connectivity index (χ3v) is 5.45. The van der Waals surface area contributed by atoms with Gasteiger partial charge in [-0.2, -0.15) is 26.3 Å². The van der Waals surface area contributed by atoms with E-state index in [0.717, 1.165) is 8.61 Å². The molecule has 0 saturated carbocycles. The van der Waals surface area contributed by atoms with Crippen molar-refractivity contribution in [2.24, 2.45) is 0 Å². The highest BCUT2D eigenvalue weighted by Gasteiger charge is 2.46. The molecule has 0 aliphatic carbocycles. The molecule has 0 unspecified atom stereocenters. The lowest BCUT2D eigenvalue weighted by atomic mass is 10.1. The maximum absolute atomic E-state index is 11.4. The Kier molecular flexibility index (Phi) is 10.7. The van der Waals surface area contributed by atoms with Gasteiger partial charge in [0.25, 0.3) is 0 Å². The Bertz CT molecular complexity index is 565. The summed E-state index contributed by atoms with van der Waals surface area (Å²) >= 11 is 0. The number of sulfonamides is 2. The highest BCUT2D eigenvalue weighted by molar-refractivity contribution is 8.13. The predicted octanol–water partition coefficient (Wildman–Crippen LogP) is 3.72. The van der Waals surface area contributed by atoms with Crippen LogP contribution in [0.1, 0.15) is 39.0 Å². The lowest BCUT2D eigenvalue weighted by molar-refractivity contribution is -0.870. The average Bonchev–Trinajstić information content (AvgIpc) is 2.34. The van der Waals surface area contributed by atoms with Crippen molar-refractivity contribution in [1.29, 1.82) is 0 Å². The molecule has 26 heavy (non-hydrogen) atoms. The molecular weight excluding hydrogens is 414 g/mol. The van der Waals surface area contributed by atoms with E-state index < -0.39 is 31.1 Å². The van der Waals surface area contributed by atoms with Crippen LogP contribution < -0.4 is 0 Å². The van der Waals surface area contributed by atoms with Crippen LogP contribution >= 0.6 is 0 Å². The summed E-state index contributed by atoms with van der Waals surface area (Å²) < 4.78 is 110. The molecule has 0 saturated heterocycles.